The fraction of sp³-hybridized carbons (Fsp3) is 0.700. The summed E-state index contributed by atoms with van der Waals surface area (Å²) in [4.78, 5) is 5.72. The number of thiazole rings is 1. The molecule has 0 aliphatic heterocycles. The Morgan fingerprint density at radius 1 is 1.31 bits per heavy atom. The minimum absolute atomic E-state index is 0.488. The molecular weight excluding hydrogens is 180 g/mol. The zero-order valence-electron chi connectivity index (χ0n) is 8.79. The summed E-state index contributed by atoms with van der Waals surface area (Å²) in [7, 11) is 0. The SMILES string of the molecule is CC(C)Cc1sc(N)nc1C(C)C. The van der Waals surface area contributed by atoms with Crippen molar-refractivity contribution in [2.75, 3.05) is 5.73 Å². The average molecular weight is 198 g/mol. The summed E-state index contributed by atoms with van der Waals surface area (Å²) < 4.78 is 0. The third-order valence-corrected chi connectivity index (χ3v) is 2.81. The summed E-state index contributed by atoms with van der Waals surface area (Å²) in [5.74, 6) is 1.17. The molecule has 1 aromatic heterocycles. The van der Waals surface area contributed by atoms with E-state index in [0.717, 1.165) is 6.42 Å². The predicted molar refractivity (Wildman–Crippen MR) is 59.2 cm³/mol. The van der Waals surface area contributed by atoms with Crippen LogP contribution in [0.4, 0.5) is 5.13 Å². The van der Waals surface area contributed by atoms with Crippen LogP contribution >= 0.6 is 11.3 Å². The molecule has 0 aliphatic rings. The first-order valence-corrected chi connectivity index (χ1v) is 5.57. The molecule has 0 bridgehead atoms. The Balaban J connectivity index is 2.91. The lowest BCUT2D eigenvalue weighted by molar-refractivity contribution is 0.643. The maximum Gasteiger partial charge on any atom is 0.180 e. The van der Waals surface area contributed by atoms with Crippen molar-refractivity contribution in [1.82, 2.24) is 4.98 Å². The maximum absolute atomic E-state index is 5.70. The van der Waals surface area contributed by atoms with E-state index in [1.54, 1.807) is 11.3 Å². The smallest absolute Gasteiger partial charge is 0.180 e. The lowest BCUT2D eigenvalue weighted by Gasteiger charge is -2.06. The molecular formula is C10H18N2S. The lowest BCUT2D eigenvalue weighted by atomic mass is 10.0. The van der Waals surface area contributed by atoms with Gasteiger partial charge in [-0.2, -0.15) is 0 Å². The molecule has 0 fully saturated rings. The van der Waals surface area contributed by atoms with Gasteiger partial charge in [0.25, 0.3) is 0 Å². The van der Waals surface area contributed by atoms with Crippen LogP contribution in [0.1, 0.15) is 44.2 Å². The zero-order valence-corrected chi connectivity index (χ0v) is 9.61. The van der Waals surface area contributed by atoms with Crippen LogP contribution in [0.15, 0.2) is 0 Å². The summed E-state index contributed by atoms with van der Waals surface area (Å²) in [5.41, 5.74) is 6.89. The van der Waals surface area contributed by atoms with Crippen molar-refractivity contribution in [3.63, 3.8) is 0 Å². The minimum atomic E-state index is 0.488. The fourth-order valence-electron chi connectivity index (χ4n) is 1.35. The van der Waals surface area contributed by atoms with Crippen LogP contribution in [0, 0.1) is 5.92 Å². The van der Waals surface area contributed by atoms with Crippen molar-refractivity contribution in [3.05, 3.63) is 10.6 Å². The Morgan fingerprint density at radius 3 is 2.38 bits per heavy atom. The third kappa shape index (κ3) is 2.69. The molecule has 1 rings (SSSR count). The topological polar surface area (TPSA) is 38.9 Å². The monoisotopic (exact) mass is 198 g/mol. The molecule has 1 aromatic rings. The lowest BCUT2D eigenvalue weighted by Crippen LogP contribution is -1.98. The number of rotatable bonds is 3. The van der Waals surface area contributed by atoms with E-state index in [-0.39, 0.29) is 0 Å². The van der Waals surface area contributed by atoms with Gasteiger partial charge in [0, 0.05) is 4.88 Å². The van der Waals surface area contributed by atoms with E-state index in [1.165, 1.54) is 10.6 Å². The second-order valence-corrected chi connectivity index (χ2v) is 5.23. The van der Waals surface area contributed by atoms with Gasteiger partial charge in [-0.05, 0) is 18.3 Å². The van der Waals surface area contributed by atoms with Gasteiger partial charge in [-0.25, -0.2) is 4.98 Å². The van der Waals surface area contributed by atoms with Gasteiger partial charge in [-0.3, -0.25) is 0 Å². The molecule has 0 amide bonds. The Bertz CT molecular complexity index is 276. The number of aromatic nitrogens is 1. The first-order valence-electron chi connectivity index (χ1n) is 4.75. The second kappa shape index (κ2) is 4.09. The molecule has 0 saturated carbocycles. The fourth-order valence-corrected chi connectivity index (χ4v) is 2.55. The highest BCUT2D eigenvalue weighted by Gasteiger charge is 2.13. The second-order valence-electron chi connectivity index (χ2n) is 4.11. The molecule has 13 heavy (non-hydrogen) atoms. The van der Waals surface area contributed by atoms with E-state index >= 15 is 0 Å². The maximum atomic E-state index is 5.70. The van der Waals surface area contributed by atoms with Crippen molar-refractivity contribution >= 4 is 16.5 Å². The summed E-state index contributed by atoms with van der Waals surface area (Å²) in [6, 6.07) is 0. The molecule has 3 heteroatoms. The quantitative estimate of drug-likeness (QED) is 0.810. The molecule has 74 valence electrons. The van der Waals surface area contributed by atoms with Gasteiger partial charge < -0.3 is 5.73 Å². The van der Waals surface area contributed by atoms with Gasteiger partial charge >= 0.3 is 0 Å². The van der Waals surface area contributed by atoms with Crippen molar-refractivity contribution < 1.29 is 0 Å². The minimum Gasteiger partial charge on any atom is -0.375 e. The summed E-state index contributed by atoms with van der Waals surface area (Å²) in [6.07, 6.45) is 1.10. The average Bonchev–Trinajstić information content (AvgIpc) is 2.29. The Hall–Kier alpha value is -0.570. The first-order chi connectivity index (χ1) is 6.00. The van der Waals surface area contributed by atoms with E-state index in [9.17, 15) is 0 Å². The van der Waals surface area contributed by atoms with Gasteiger partial charge in [0.05, 0.1) is 5.69 Å². The Kier molecular flexibility index (Phi) is 3.31. The van der Waals surface area contributed by atoms with Crippen LogP contribution in [0.2, 0.25) is 0 Å². The number of nitrogens with two attached hydrogens (primary N) is 1. The zero-order chi connectivity index (χ0) is 10.0. The Labute approximate surface area is 84.2 Å². The molecule has 0 spiro atoms. The molecule has 0 atom stereocenters. The van der Waals surface area contributed by atoms with Crippen LogP contribution in [0.5, 0.6) is 0 Å². The predicted octanol–water partition coefficient (Wildman–Crippen LogP) is 3.05. The van der Waals surface area contributed by atoms with Crippen molar-refractivity contribution in [1.29, 1.82) is 0 Å². The molecule has 0 radical (unpaired) electrons. The Morgan fingerprint density at radius 2 is 1.92 bits per heavy atom. The highest BCUT2D eigenvalue weighted by Crippen LogP contribution is 2.28. The van der Waals surface area contributed by atoms with Gasteiger partial charge in [-0.15, -0.1) is 11.3 Å². The van der Waals surface area contributed by atoms with Crippen molar-refractivity contribution in [3.8, 4) is 0 Å². The molecule has 0 saturated heterocycles. The van der Waals surface area contributed by atoms with E-state index in [0.29, 0.717) is 17.0 Å². The third-order valence-electron chi connectivity index (χ3n) is 1.88. The van der Waals surface area contributed by atoms with Crippen LogP contribution in [-0.2, 0) is 6.42 Å². The van der Waals surface area contributed by atoms with Crippen LogP contribution in [0.25, 0.3) is 0 Å². The molecule has 0 aliphatic carbocycles. The first kappa shape index (κ1) is 10.5. The number of hydrogen-bond acceptors (Lipinski definition) is 3. The van der Waals surface area contributed by atoms with E-state index in [4.69, 9.17) is 5.73 Å². The highest BCUT2D eigenvalue weighted by atomic mass is 32.1. The van der Waals surface area contributed by atoms with Crippen molar-refractivity contribution in [2.45, 2.75) is 40.0 Å². The molecule has 0 unspecified atom stereocenters. The molecule has 1 heterocycles. The van der Waals surface area contributed by atoms with Crippen LogP contribution in [-0.4, -0.2) is 4.98 Å². The summed E-state index contributed by atoms with van der Waals surface area (Å²) in [6.45, 7) is 8.77. The molecule has 0 aromatic carbocycles. The molecule has 2 nitrogen and oxygen atoms in total. The van der Waals surface area contributed by atoms with Crippen molar-refractivity contribution in [2.24, 2.45) is 5.92 Å². The van der Waals surface area contributed by atoms with Crippen LogP contribution < -0.4 is 5.73 Å². The van der Waals surface area contributed by atoms with Gasteiger partial charge in [0.1, 0.15) is 0 Å². The van der Waals surface area contributed by atoms with Gasteiger partial charge in [0.15, 0.2) is 5.13 Å². The number of hydrogen-bond donors (Lipinski definition) is 1. The van der Waals surface area contributed by atoms with E-state index in [2.05, 4.69) is 32.7 Å². The number of anilines is 1. The number of nitrogen functional groups attached to an aromatic ring is 1. The number of nitrogens with zero attached hydrogens (tertiary/aromatic N) is 1. The van der Waals surface area contributed by atoms with Crippen LogP contribution in [0.3, 0.4) is 0 Å². The molecule has 2 N–H and O–H groups in total. The van der Waals surface area contributed by atoms with Gasteiger partial charge in [0.2, 0.25) is 0 Å². The summed E-state index contributed by atoms with van der Waals surface area (Å²) >= 11 is 1.64. The normalized spacial score (nSPS) is 11.5. The largest absolute Gasteiger partial charge is 0.375 e. The summed E-state index contributed by atoms with van der Waals surface area (Å²) in [5, 5.41) is 0.708. The van der Waals surface area contributed by atoms with E-state index in [1.807, 2.05) is 0 Å². The van der Waals surface area contributed by atoms with Gasteiger partial charge in [-0.1, -0.05) is 27.7 Å². The highest BCUT2D eigenvalue weighted by molar-refractivity contribution is 7.15. The van der Waals surface area contributed by atoms with E-state index < -0.39 is 0 Å². The standard InChI is InChI=1S/C10H18N2S/c1-6(2)5-8-9(7(3)4)12-10(11)13-8/h6-7H,5H2,1-4H3,(H2,11,12).